The summed E-state index contributed by atoms with van der Waals surface area (Å²) in [6.45, 7) is 0.244. The van der Waals surface area contributed by atoms with Crippen molar-refractivity contribution in [2.75, 3.05) is 13.2 Å². The highest BCUT2D eigenvalue weighted by molar-refractivity contribution is 14.1. The molecule has 0 fully saturated rings. The van der Waals surface area contributed by atoms with Gasteiger partial charge in [0, 0.05) is 15.6 Å². The third-order valence-electron chi connectivity index (χ3n) is 3.69. The fourth-order valence-electron chi connectivity index (χ4n) is 2.56. The van der Waals surface area contributed by atoms with Crippen molar-refractivity contribution in [3.63, 3.8) is 0 Å². The second kappa shape index (κ2) is 7.65. The van der Waals surface area contributed by atoms with Gasteiger partial charge < -0.3 is 14.8 Å². The predicted octanol–water partition coefficient (Wildman–Crippen LogP) is 3.09. The van der Waals surface area contributed by atoms with Crippen molar-refractivity contribution in [3.05, 3.63) is 63.2 Å². The average molecular weight is 437 g/mol. The first kappa shape index (κ1) is 16.8. The van der Waals surface area contributed by atoms with E-state index in [1.165, 1.54) is 0 Å². The molecule has 5 nitrogen and oxygen atoms in total. The van der Waals surface area contributed by atoms with E-state index in [1.54, 1.807) is 18.2 Å². The second-order valence-electron chi connectivity index (χ2n) is 5.38. The fourth-order valence-corrected chi connectivity index (χ4v) is 3.10. The molecular weight excluding hydrogens is 421 g/mol. The van der Waals surface area contributed by atoms with Crippen LogP contribution in [-0.4, -0.2) is 25.1 Å². The molecule has 24 heavy (non-hydrogen) atoms. The molecule has 6 heteroatoms. The summed E-state index contributed by atoms with van der Waals surface area (Å²) in [5, 5.41) is 2.90. The number of benzene rings is 2. The summed E-state index contributed by atoms with van der Waals surface area (Å²) in [4.78, 5) is 24.1. The van der Waals surface area contributed by atoms with Gasteiger partial charge in [-0.25, -0.2) is 4.79 Å². The zero-order valence-electron chi connectivity index (χ0n) is 12.8. The molecule has 0 bridgehead atoms. The maximum Gasteiger partial charge on any atom is 0.338 e. The molecule has 1 unspecified atom stereocenters. The summed E-state index contributed by atoms with van der Waals surface area (Å²) in [6.07, 6.45) is 0.688. The van der Waals surface area contributed by atoms with E-state index in [0.717, 1.165) is 14.9 Å². The minimum Gasteiger partial charge on any atom is -0.493 e. The van der Waals surface area contributed by atoms with Crippen LogP contribution in [0.5, 0.6) is 5.75 Å². The van der Waals surface area contributed by atoms with Crippen LogP contribution < -0.4 is 10.1 Å². The number of carbonyl (C=O) groups excluding carboxylic acids is 2. The van der Waals surface area contributed by atoms with Crippen LogP contribution in [0.15, 0.2) is 48.5 Å². The Balaban J connectivity index is 1.56. The number of hydrogen-bond donors (Lipinski definition) is 1. The Bertz CT molecular complexity index is 762. The van der Waals surface area contributed by atoms with Crippen molar-refractivity contribution in [2.24, 2.45) is 0 Å². The number of fused-ring (bicyclic) bond motifs is 1. The van der Waals surface area contributed by atoms with Crippen molar-refractivity contribution in [1.29, 1.82) is 0 Å². The van der Waals surface area contributed by atoms with Crippen LogP contribution in [0.25, 0.3) is 0 Å². The van der Waals surface area contributed by atoms with Crippen molar-refractivity contribution in [2.45, 2.75) is 12.5 Å². The summed E-state index contributed by atoms with van der Waals surface area (Å²) in [7, 11) is 0. The van der Waals surface area contributed by atoms with Crippen LogP contribution in [0.4, 0.5) is 0 Å². The van der Waals surface area contributed by atoms with Gasteiger partial charge in [-0.15, -0.1) is 0 Å². The van der Waals surface area contributed by atoms with Crippen molar-refractivity contribution >= 4 is 34.5 Å². The summed E-state index contributed by atoms with van der Waals surface area (Å²) in [6, 6.07) is 14.5. The van der Waals surface area contributed by atoms with E-state index in [0.29, 0.717) is 18.6 Å². The highest BCUT2D eigenvalue weighted by Gasteiger charge is 2.23. The molecule has 1 N–H and O–H groups in total. The van der Waals surface area contributed by atoms with E-state index in [-0.39, 0.29) is 18.6 Å². The fraction of sp³-hybridized carbons (Fsp3) is 0.222. The van der Waals surface area contributed by atoms with E-state index in [4.69, 9.17) is 9.47 Å². The molecule has 1 amide bonds. The number of nitrogens with one attached hydrogen (secondary N) is 1. The molecule has 2 aromatic carbocycles. The number of halogens is 1. The maximum absolute atomic E-state index is 12.1. The van der Waals surface area contributed by atoms with Gasteiger partial charge in [-0.2, -0.15) is 0 Å². The molecule has 0 saturated heterocycles. The molecule has 1 heterocycles. The lowest BCUT2D eigenvalue weighted by Gasteiger charge is -2.26. The SMILES string of the molecule is O=C(COC(=O)c1cccc(I)c1)NC1CCOc2ccccc21. The molecule has 0 spiro atoms. The Hall–Kier alpha value is -2.09. The summed E-state index contributed by atoms with van der Waals surface area (Å²) >= 11 is 2.12. The largest absolute Gasteiger partial charge is 0.493 e. The van der Waals surface area contributed by atoms with E-state index in [1.807, 2.05) is 30.3 Å². The van der Waals surface area contributed by atoms with Crippen LogP contribution in [0.2, 0.25) is 0 Å². The standard InChI is InChI=1S/C18H16INO4/c19-13-5-3-4-12(10-13)18(22)24-11-17(21)20-15-8-9-23-16-7-2-1-6-14(15)16/h1-7,10,15H,8-9,11H2,(H,20,21). The van der Waals surface area contributed by atoms with Gasteiger partial charge in [-0.05, 0) is 46.9 Å². The molecule has 0 radical (unpaired) electrons. The number of rotatable bonds is 4. The quantitative estimate of drug-likeness (QED) is 0.590. The van der Waals surface area contributed by atoms with Gasteiger partial charge in [0.1, 0.15) is 5.75 Å². The van der Waals surface area contributed by atoms with Gasteiger partial charge in [-0.3, -0.25) is 4.79 Å². The molecule has 2 aromatic rings. The third-order valence-corrected chi connectivity index (χ3v) is 4.36. The molecule has 0 aliphatic carbocycles. The zero-order valence-corrected chi connectivity index (χ0v) is 15.0. The maximum atomic E-state index is 12.1. The van der Waals surface area contributed by atoms with Crippen molar-refractivity contribution in [3.8, 4) is 5.75 Å². The van der Waals surface area contributed by atoms with Crippen LogP contribution >= 0.6 is 22.6 Å². The highest BCUT2D eigenvalue weighted by atomic mass is 127. The van der Waals surface area contributed by atoms with E-state index >= 15 is 0 Å². The number of amides is 1. The molecule has 0 saturated carbocycles. The number of esters is 1. The minimum absolute atomic E-state index is 0.126. The first-order valence-electron chi connectivity index (χ1n) is 7.57. The lowest BCUT2D eigenvalue weighted by Crippen LogP contribution is -2.35. The minimum atomic E-state index is -0.504. The first-order chi connectivity index (χ1) is 11.6. The third kappa shape index (κ3) is 4.05. The highest BCUT2D eigenvalue weighted by Crippen LogP contribution is 2.31. The average Bonchev–Trinajstić information content (AvgIpc) is 2.60. The first-order valence-corrected chi connectivity index (χ1v) is 8.65. The zero-order chi connectivity index (χ0) is 16.9. The normalized spacial score (nSPS) is 15.8. The number of ether oxygens (including phenoxy) is 2. The Kier molecular flexibility index (Phi) is 5.34. The lowest BCUT2D eigenvalue weighted by atomic mass is 10.0. The topological polar surface area (TPSA) is 64.6 Å². The number of carbonyl (C=O) groups is 2. The Labute approximate surface area is 153 Å². The summed E-state index contributed by atoms with van der Waals surface area (Å²) < 4.78 is 11.6. The predicted molar refractivity (Wildman–Crippen MR) is 96.9 cm³/mol. The van der Waals surface area contributed by atoms with Gasteiger partial charge in [0.15, 0.2) is 6.61 Å². The Morgan fingerprint density at radius 3 is 2.88 bits per heavy atom. The van der Waals surface area contributed by atoms with Crippen LogP contribution in [0.1, 0.15) is 28.4 Å². The smallest absolute Gasteiger partial charge is 0.338 e. The van der Waals surface area contributed by atoms with Crippen molar-refractivity contribution < 1.29 is 19.1 Å². The molecule has 0 aromatic heterocycles. The summed E-state index contributed by atoms with van der Waals surface area (Å²) in [5.41, 5.74) is 1.38. The van der Waals surface area contributed by atoms with Crippen LogP contribution in [-0.2, 0) is 9.53 Å². The number of para-hydroxylation sites is 1. The van der Waals surface area contributed by atoms with E-state index < -0.39 is 5.97 Å². The van der Waals surface area contributed by atoms with Crippen molar-refractivity contribution in [1.82, 2.24) is 5.32 Å². The molecular formula is C18H16INO4. The number of hydrogen-bond acceptors (Lipinski definition) is 4. The van der Waals surface area contributed by atoms with Gasteiger partial charge in [0.05, 0.1) is 18.2 Å². The van der Waals surface area contributed by atoms with E-state index in [9.17, 15) is 9.59 Å². The van der Waals surface area contributed by atoms with Gasteiger partial charge >= 0.3 is 5.97 Å². The van der Waals surface area contributed by atoms with Crippen LogP contribution in [0, 0.1) is 3.57 Å². The molecule has 1 atom stereocenters. The Morgan fingerprint density at radius 1 is 1.21 bits per heavy atom. The lowest BCUT2D eigenvalue weighted by molar-refractivity contribution is -0.125. The monoisotopic (exact) mass is 437 g/mol. The van der Waals surface area contributed by atoms with E-state index in [2.05, 4.69) is 27.9 Å². The second-order valence-corrected chi connectivity index (χ2v) is 6.63. The van der Waals surface area contributed by atoms with Gasteiger partial charge in [0.2, 0.25) is 0 Å². The molecule has 1 aliphatic rings. The molecule has 1 aliphatic heterocycles. The van der Waals surface area contributed by atoms with Gasteiger partial charge in [-0.1, -0.05) is 24.3 Å². The molecule has 3 rings (SSSR count). The summed E-state index contributed by atoms with van der Waals surface area (Å²) in [5.74, 6) is -0.0448. The molecule has 124 valence electrons. The van der Waals surface area contributed by atoms with Gasteiger partial charge in [0.25, 0.3) is 5.91 Å². The Morgan fingerprint density at radius 2 is 2.04 bits per heavy atom. The van der Waals surface area contributed by atoms with Crippen LogP contribution in [0.3, 0.4) is 0 Å².